The fourth-order valence-electron chi connectivity index (χ4n) is 2.15. The van der Waals surface area contributed by atoms with Gasteiger partial charge in [0.15, 0.2) is 0 Å². The van der Waals surface area contributed by atoms with Crippen LogP contribution in [-0.2, 0) is 21.5 Å². The molecule has 24 heavy (non-hydrogen) atoms. The number of sulfonamides is 1. The molecule has 0 saturated carbocycles. The maximum Gasteiger partial charge on any atom is 0.242 e. The Balaban J connectivity index is 2.07. The average molecular weight is 369 g/mol. The van der Waals surface area contributed by atoms with Crippen LogP contribution >= 0.6 is 11.8 Å². The standard InChI is InChI=1S/C17H20FNO3S2/c1-19(2)24(20,21)16-6-4-5-13(9-16)11-23-12-14-10-15(18)7-8-17(14)22-3/h4-10H,11-12H2,1-3H3. The quantitative estimate of drug-likeness (QED) is 0.749. The largest absolute Gasteiger partial charge is 0.496 e. The van der Waals surface area contributed by atoms with Crippen LogP contribution in [0.15, 0.2) is 47.4 Å². The van der Waals surface area contributed by atoms with Crippen molar-refractivity contribution in [2.45, 2.75) is 16.4 Å². The number of hydrogen-bond donors (Lipinski definition) is 0. The molecule has 0 aliphatic carbocycles. The van der Waals surface area contributed by atoms with Gasteiger partial charge < -0.3 is 4.74 Å². The smallest absolute Gasteiger partial charge is 0.242 e. The van der Waals surface area contributed by atoms with Gasteiger partial charge in [-0.05, 0) is 35.9 Å². The van der Waals surface area contributed by atoms with E-state index in [0.717, 1.165) is 11.1 Å². The van der Waals surface area contributed by atoms with E-state index in [0.29, 0.717) is 17.3 Å². The second-order valence-corrected chi connectivity index (χ2v) is 8.52. The Morgan fingerprint density at radius 2 is 1.88 bits per heavy atom. The first-order valence-electron chi connectivity index (χ1n) is 7.26. The number of thioether (sulfide) groups is 1. The van der Waals surface area contributed by atoms with E-state index in [9.17, 15) is 12.8 Å². The summed E-state index contributed by atoms with van der Waals surface area (Å²) in [6.45, 7) is 0. The minimum Gasteiger partial charge on any atom is -0.496 e. The zero-order valence-electron chi connectivity index (χ0n) is 13.8. The summed E-state index contributed by atoms with van der Waals surface area (Å²) >= 11 is 1.57. The van der Waals surface area contributed by atoms with Crippen LogP contribution in [-0.4, -0.2) is 33.9 Å². The van der Waals surface area contributed by atoms with Gasteiger partial charge in [0.25, 0.3) is 0 Å². The Labute approximate surface area is 146 Å². The molecule has 0 aliphatic rings. The number of rotatable bonds is 7. The van der Waals surface area contributed by atoms with E-state index in [2.05, 4.69) is 0 Å². The number of nitrogens with zero attached hydrogens (tertiary/aromatic N) is 1. The topological polar surface area (TPSA) is 46.6 Å². The lowest BCUT2D eigenvalue weighted by Gasteiger charge is -2.12. The van der Waals surface area contributed by atoms with Crippen LogP contribution in [0.5, 0.6) is 5.75 Å². The highest BCUT2D eigenvalue weighted by molar-refractivity contribution is 7.97. The third kappa shape index (κ3) is 4.49. The van der Waals surface area contributed by atoms with Gasteiger partial charge in [0.05, 0.1) is 12.0 Å². The summed E-state index contributed by atoms with van der Waals surface area (Å²) in [6.07, 6.45) is 0. The van der Waals surface area contributed by atoms with Crippen molar-refractivity contribution >= 4 is 21.8 Å². The van der Waals surface area contributed by atoms with Gasteiger partial charge >= 0.3 is 0 Å². The lowest BCUT2D eigenvalue weighted by molar-refractivity contribution is 0.410. The van der Waals surface area contributed by atoms with E-state index in [1.807, 2.05) is 6.07 Å². The number of benzene rings is 2. The van der Waals surface area contributed by atoms with E-state index < -0.39 is 10.0 Å². The summed E-state index contributed by atoms with van der Waals surface area (Å²) < 4.78 is 44.1. The third-order valence-electron chi connectivity index (χ3n) is 3.45. The van der Waals surface area contributed by atoms with E-state index in [1.54, 1.807) is 43.1 Å². The Morgan fingerprint density at radius 3 is 2.54 bits per heavy atom. The van der Waals surface area contributed by atoms with E-state index in [-0.39, 0.29) is 10.7 Å². The lowest BCUT2D eigenvalue weighted by Crippen LogP contribution is -2.22. The van der Waals surface area contributed by atoms with Crippen LogP contribution in [0.25, 0.3) is 0 Å². The summed E-state index contributed by atoms with van der Waals surface area (Å²) in [5.41, 5.74) is 1.68. The van der Waals surface area contributed by atoms with Gasteiger partial charge in [-0.15, -0.1) is 0 Å². The van der Waals surface area contributed by atoms with Crippen molar-refractivity contribution in [2.24, 2.45) is 0 Å². The first-order chi connectivity index (χ1) is 11.3. The van der Waals surface area contributed by atoms with Crippen molar-refractivity contribution in [3.8, 4) is 5.75 Å². The van der Waals surface area contributed by atoms with Crippen LogP contribution in [0, 0.1) is 5.82 Å². The van der Waals surface area contributed by atoms with Crippen LogP contribution in [0.2, 0.25) is 0 Å². The summed E-state index contributed by atoms with van der Waals surface area (Å²) in [7, 11) is 1.13. The van der Waals surface area contributed by atoms with E-state index in [4.69, 9.17) is 4.74 Å². The van der Waals surface area contributed by atoms with Crippen LogP contribution < -0.4 is 4.74 Å². The highest BCUT2D eigenvalue weighted by Crippen LogP contribution is 2.26. The molecule has 0 N–H and O–H groups in total. The van der Waals surface area contributed by atoms with Gasteiger partial charge in [0, 0.05) is 31.2 Å². The molecule has 0 unspecified atom stereocenters. The molecule has 0 spiro atoms. The van der Waals surface area contributed by atoms with Crippen molar-refractivity contribution in [3.05, 3.63) is 59.4 Å². The zero-order valence-corrected chi connectivity index (χ0v) is 15.5. The number of halogens is 1. The average Bonchev–Trinajstić information content (AvgIpc) is 2.55. The summed E-state index contributed by atoms with van der Waals surface area (Å²) in [5, 5.41) is 0. The third-order valence-corrected chi connectivity index (χ3v) is 6.31. The normalized spacial score (nSPS) is 11.7. The van der Waals surface area contributed by atoms with Gasteiger partial charge in [0.2, 0.25) is 10.0 Å². The molecule has 0 fully saturated rings. The second-order valence-electron chi connectivity index (χ2n) is 5.38. The molecule has 0 heterocycles. The van der Waals surface area contributed by atoms with E-state index in [1.165, 1.54) is 30.5 Å². The van der Waals surface area contributed by atoms with Gasteiger partial charge in [-0.2, -0.15) is 11.8 Å². The Hall–Kier alpha value is -1.57. The molecule has 0 saturated heterocycles. The summed E-state index contributed by atoms with van der Waals surface area (Å²) in [5.74, 6) is 1.54. The molecule has 0 atom stereocenters. The van der Waals surface area contributed by atoms with Crippen molar-refractivity contribution in [2.75, 3.05) is 21.2 Å². The fraction of sp³-hybridized carbons (Fsp3) is 0.294. The maximum atomic E-state index is 13.4. The number of hydrogen-bond acceptors (Lipinski definition) is 4. The molecule has 0 aliphatic heterocycles. The second kappa shape index (κ2) is 8.00. The lowest BCUT2D eigenvalue weighted by atomic mass is 10.2. The highest BCUT2D eigenvalue weighted by atomic mass is 32.2. The molecule has 7 heteroatoms. The number of ether oxygens (including phenoxy) is 1. The van der Waals surface area contributed by atoms with Gasteiger partial charge in [-0.1, -0.05) is 12.1 Å². The SMILES string of the molecule is COc1ccc(F)cc1CSCc1cccc(S(=O)(=O)N(C)C)c1. The predicted molar refractivity (Wildman–Crippen MR) is 95.3 cm³/mol. The molecule has 4 nitrogen and oxygen atoms in total. The first kappa shape index (κ1) is 18.8. The summed E-state index contributed by atoms with van der Waals surface area (Å²) in [6, 6.07) is 11.3. The Kier molecular flexibility index (Phi) is 6.26. The number of methoxy groups -OCH3 is 1. The van der Waals surface area contributed by atoms with Crippen LogP contribution in [0.1, 0.15) is 11.1 Å². The van der Waals surface area contributed by atoms with Crippen molar-refractivity contribution in [3.63, 3.8) is 0 Å². The molecule has 2 aromatic carbocycles. The van der Waals surface area contributed by atoms with E-state index >= 15 is 0 Å². The molecule has 0 radical (unpaired) electrons. The minimum atomic E-state index is -3.44. The molecule has 0 amide bonds. The first-order valence-corrected chi connectivity index (χ1v) is 9.85. The minimum absolute atomic E-state index is 0.272. The maximum absolute atomic E-state index is 13.4. The molecular formula is C17H20FNO3S2. The molecule has 2 aromatic rings. The summed E-state index contributed by atoms with van der Waals surface area (Å²) in [4.78, 5) is 0.272. The molecule has 130 valence electrons. The van der Waals surface area contributed by atoms with Crippen molar-refractivity contribution < 1.29 is 17.5 Å². The van der Waals surface area contributed by atoms with Crippen LogP contribution in [0.4, 0.5) is 4.39 Å². The molecule has 2 rings (SSSR count). The van der Waals surface area contributed by atoms with Gasteiger partial charge in [-0.3, -0.25) is 0 Å². The predicted octanol–water partition coefficient (Wildman–Crippen LogP) is 3.52. The van der Waals surface area contributed by atoms with Gasteiger partial charge in [0.1, 0.15) is 11.6 Å². The van der Waals surface area contributed by atoms with Crippen molar-refractivity contribution in [1.29, 1.82) is 0 Å². The Bertz CT molecular complexity index is 807. The zero-order chi connectivity index (χ0) is 17.7. The monoisotopic (exact) mass is 369 g/mol. The Morgan fingerprint density at radius 1 is 1.12 bits per heavy atom. The van der Waals surface area contributed by atoms with Gasteiger partial charge in [-0.25, -0.2) is 17.1 Å². The highest BCUT2D eigenvalue weighted by Gasteiger charge is 2.17. The van der Waals surface area contributed by atoms with Crippen molar-refractivity contribution in [1.82, 2.24) is 4.31 Å². The fourth-order valence-corrected chi connectivity index (χ4v) is 4.08. The molecule has 0 aromatic heterocycles. The molecule has 0 bridgehead atoms. The van der Waals surface area contributed by atoms with Crippen LogP contribution in [0.3, 0.4) is 0 Å². The molecular weight excluding hydrogens is 349 g/mol.